The standard InChI is InChI=1S/C5H15N3O.Ni/c6-3-4(9)1-2-5(7)8;/h4-5,9H,1-3,6-8H2;. The molecule has 0 heterocycles. The van der Waals surface area contributed by atoms with E-state index >= 15 is 0 Å². The van der Waals surface area contributed by atoms with E-state index < -0.39 is 6.10 Å². The van der Waals surface area contributed by atoms with E-state index in [9.17, 15) is 0 Å². The summed E-state index contributed by atoms with van der Waals surface area (Å²) >= 11 is 0. The van der Waals surface area contributed by atoms with Gasteiger partial charge in [0.05, 0.1) is 12.3 Å². The van der Waals surface area contributed by atoms with Gasteiger partial charge in [0, 0.05) is 23.0 Å². The maximum Gasteiger partial charge on any atom is 0.0663 e. The Balaban J connectivity index is 0. The topological polar surface area (TPSA) is 98.3 Å². The third-order valence-corrected chi connectivity index (χ3v) is 1.11. The molecule has 4 nitrogen and oxygen atoms in total. The van der Waals surface area contributed by atoms with E-state index in [1.54, 1.807) is 0 Å². The molecule has 0 fully saturated rings. The van der Waals surface area contributed by atoms with Gasteiger partial charge in [0.2, 0.25) is 0 Å². The van der Waals surface area contributed by atoms with Crippen LogP contribution in [0.1, 0.15) is 12.8 Å². The van der Waals surface area contributed by atoms with Gasteiger partial charge in [0.15, 0.2) is 0 Å². The van der Waals surface area contributed by atoms with E-state index in [1.807, 2.05) is 0 Å². The van der Waals surface area contributed by atoms with Gasteiger partial charge in [0.1, 0.15) is 0 Å². The van der Waals surface area contributed by atoms with Gasteiger partial charge in [-0.1, -0.05) is 0 Å². The van der Waals surface area contributed by atoms with Crippen LogP contribution in [0.4, 0.5) is 0 Å². The Hall–Kier alpha value is 0.334. The normalized spacial score (nSPS) is 12.9. The molecule has 0 bridgehead atoms. The number of rotatable bonds is 4. The molecule has 0 aromatic heterocycles. The van der Waals surface area contributed by atoms with Gasteiger partial charge in [-0.05, 0) is 12.8 Å². The predicted octanol–water partition coefficient (Wildman–Crippen LogP) is -1.67. The maximum atomic E-state index is 8.87. The van der Waals surface area contributed by atoms with Crippen LogP contribution in [0.15, 0.2) is 0 Å². The van der Waals surface area contributed by atoms with Crippen LogP contribution in [0.25, 0.3) is 0 Å². The van der Waals surface area contributed by atoms with Crippen molar-refractivity contribution in [1.82, 2.24) is 0 Å². The second-order valence-corrected chi connectivity index (χ2v) is 2.13. The van der Waals surface area contributed by atoms with E-state index in [4.69, 9.17) is 22.3 Å². The van der Waals surface area contributed by atoms with Gasteiger partial charge in [0.25, 0.3) is 0 Å². The van der Waals surface area contributed by atoms with Gasteiger partial charge < -0.3 is 22.3 Å². The van der Waals surface area contributed by atoms with Crippen molar-refractivity contribution in [3.63, 3.8) is 0 Å². The van der Waals surface area contributed by atoms with Crippen LogP contribution >= 0.6 is 0 Å². The molecule has 0 saturated heterocycles. The molecule has 1 atom stereocenters. The molecular weight excluding hydrogens is 177 g/mol. The van der Waals surface area contributed by atoms with Crippen LogP contribution in [-0.4, -0.2) is 23.9 Å². The molecule has 7 N–H and O–H groups in total. The molecule has 5 heteroatoms. The molecule has 1 unspecified atom stereocenters. The van der Waals surface area contributed by atoms with Crippen molar-refractivity contribution < 1.29 is 21.6 Å². The summed E-state index contributed by atoms with van der Waals surface area (Å²) in [5.41, 5.74) is 15.6. The fourth-order valence-electron chi connectivity index (χ4n) is 0.503. The minimum atomic E-state index is -0.445. The van der Waals surface area contributed by atoms with Crippen LogP contribution in [-0.2, 0) is 16.5 Å². The molecular formula is C5H15N3NiO. The molecule has 0 aliphatic rings. The Kier molecular flexibility index (Phi) is 9.64. The van der Waals surface area contributed by atoms with E-state index in [0.29, 0.717) is 12.8 Å². The second-order valence-electron chi connectivity index (χ2n) is 2.13. The van der Waals surface area contributed by atoms with Crippen molar-refractivity contribution in [3.8, 4) is 0 Å². The molecule has 0 rings (SSSR count). The maximum absolute atomic E-state index is 8.87. The molecule has 0 aliphatic heterocycles. The van der Waals surface area contributed by atoms with Crippen molar-refractivity contribution in [2.24, 2.45) is 17.2 Å². The molecule has 0 aliphatic carbocycles. The van der Waals surface area contributed by atoms with Crippen molar-refractivity contribution in [1.29, 1.82) is 0 Å². The van der Waals surface area contributed by atoms with Crippen LogP contribution in [0.3, 0.4) is 0 Å². The first-order valence-electron chi connectivity index (χ1n) is 3.06. The van der Waals surface area contributed by atoms with E-state index in [2.05, 4.69) is 0 Å². The number of nitrogens with two attached hydrogens (primary N) is 3. The summed E-state index contributed by atoms with van der Waals surface area (Å²) in [7, 11) is 0. The summed E-state index contributed by atoms with van der Waals surface area (Å²) in [6.45, 7) is 0.284. The van der Waals surface area contributed by atoms with E-state index in [0.717, 1.165) is 0 Å². The molecule has 0 aromatic rings. The van der Waals surface area contributed by atoms with Crippen molar-refractivity contribution in [2.45, 2.75) is 25.1 Å². The van der Waals surface area contributed by atoms with Gasteiger partial charge in [-0.3, -0.25) is 0 Å². The average molecular weight is 192 g/mol. The minimum absolute atomic E-state index is 0. The van der Waals surface area contributed by atoms with Gasteiger partial charge in [-0.25, -0.2) is 0 Å². The zero-order chi connectivity index (χ0) is 7.28. The van der Waals surface area contributed by atoms with E-state index in [-0.39, 0.29) is 29.2 Å². The Morgan fingerprint density at radius 2 is 1.70 bits per heavy atom. The van der Waals surface area contributed by atoms with Crippen LogP contribution in [0, 0.1) is 0 Å². The monoisotopic (exact) mass is 191 g/mol. The van der Waals surface area contributed by atoms with Crippen molar-refractivity contribution in [2.75, 3.05) is 6.54 Å². The third-order valence-electron chi connectivity index (χ3n) is 1.11. The Morgan fingerprint density at radius 3 is 2.00 bits per heavy atom. The summed E-state index contributed by atoms with van der Waals surface area (Å²) in [6.07, 6.45) is 0.442. The predicted molar refractivity (Wildman–Crippen MR) is 36.5 cm³/mol. The Bertz CT molecular complexity index is 71.9. The molecule has 66 valence electrons. The summed E-state index contributed by atoms with van der Waals surface area (Å²) in [4.78, 5) is 0. The van der Waals surface area contributed by atoms with E-state index in [1.165, 1.54) is 0 Å². The first-order valence-corrected chi connectivity index (χ1v) is 3.06. The van der Waals surface area contributed by atoms with Gasteiger partial charge in [-0.2, -0.15) is 0 Å². The zero-order valence-electron chi connectivity index (χ0n) is 5.77. The third kappa shape index (κ3) is 8.33. The van der Waals surface area contributed by atoms with Crippen molar-refractivity contribution in [3.05, 3.63) is 0 Å². The summed E-state index contributed by atoms with van der Waals surface area (Å²) in [6, 6.07) is 0. The molecule has 10 heavy (non-hydrogen) atoms. The second kappa shape index (κ2) is 7.44. The SMILES string of the molecule is NCC(O)CCC(N)N.[Ni]. The molecule has 0 saturated carbocycles. The number of aliphatic hydroxyl groups excluding tert-OH is 1. The zero-order valence-corrected chi connectivity index (χ0v) is 6.76. The van der Waals surface area contributed by atoms with Crippen LogP contribution < -0.4 is 17.2 Å². The molecule has 0 aromatic carbocycles. The number of aliphatic hydroxyl groups is 1. The molecule has 0 amide bonds. The van der Waals surface area contributed by atoms with Gasteiger partial charge >= 0.3 is 0 Å². The van der Waals surface area contributed by atoms with Gasteiger partial charge in [-0.15, -0.1) is 0 Å². The van der Waals surface area contributed by atoms with Crippen molar-refractivity contribution >= 4 is 0 Å². The minimum Gasteiger partial charge on any atom is -0.392 e. The quantitative estimate of drug-likeness (QED) is 0.316. The van der Waals surface area contributed by atoms with Crippen LogP contribution in [0.2, 0.25) is 0 Å². The van der Waals surface area contributed by atoms with Crippen LogP contribution in [0.5, 0.6) is 0 Å². The summed E-state index contributed by atoms with van der Waals surface area (Å²) in [5, 5.41) is 8.87. The average Bonchev–Trinajstić information content (AvgIpc) is 1.83. The smallest absolute Gasteiger partial charge is 0.0663 e. The fraction of sp³-hybridized carbons (Fsp3) is 1.00. The first kappa shape index (κ1) is 13.0. The number of hydrogen-bond acceptors (Lipinski definition) is 4. The Morgan fingerprint density at radius 1 is 1.20 bits per heavy atom. The fourth-order valence-corrected chi connectivity index (χ4v) is 0.503. The molecule has 0 spiro atoms. The first-order chi connectivity index (χ1) is 4.16. The Labute approximate surface area is 71.1 Å². The molecule has 0 radical (unpaired) electrons. The number of hydrogen-bond donors (Lipinski definition) is 4. The summed E-state index contributed by atoms with van der Waals surface area (Å²) in [5.74, 6) is 0. The summed E-state index contributed by atoms with van der Waals surface area (Å²) < 4.78 is 0. The largest absolute Gasteiger partial charge is 0.392 e.